The Morgan fingerprint density at radius 1 is 1.23 bits per heavy atom. The molecular weight excluding hydrogens is 507 g/mol. The summed E-state index contributed by atoms with van der Waals surface area (Å²) >= 11 is 1.83. The van der Waals surface area contributed by atoms with E-state index >= 15 is 0 Å². The van der Waals surface area contributed by atoms with E-state index in [0.717, 1.165) is 74.7 Å². The maximum Gasteiger partial charge on any atom is 0.191 e. The van der Waals surface area contributed by atoms with E-state index in [9.17, 15) is 0 Å². The monoisotopic (exact) mass is 538 g/mol. The number of anilines is 1. The van der Waals surface area contributed by atoms with Crippen LogP contribution in [-0.4, -0.2) is 48.1 Å². The van der Waals surface area contributed by atoms with Crippen molar-refractivity contribution < 1.29 is 0 Å². The molecule has 0 aliphatic carbocycles. The second-order valence-corrected chi connectivity index (χ2v) is 8.35. The molecule has 162 valence electrons. The number of nitrogens with zero attached hydrogens (tertiary/aromatic N) is 3. The smallest absolute Gasteiger partial charge is 0.191 e. The van der Waals surface area contributed by atoms with Gasteiger partial charge in [-0.05, 0) is 55.8 Å². The van der Waals surface area contributed by atoms with Gasteiger partial charge in [0.25, 0.3) is 0 Å². The highest BCUT2D eigenvalue weighted by Crippen LogP contribution is 2.24. The fourth-order valence-electron chi connectivity index (χ4n) is 3.77. The summed E-state index contributed by atoms with van der Waals surface area (Å²) in [6.45, 7) is 5.99. The molecule has 30 heavy (non-hydrogen) atoms. The van der Waals surface area contributed by atoms with Crippen molar-refractivity contribution >= 4 is 57.3 Å². The molecule has 1 aliphatic heterocycles. The Bertz CT molecular complexity index is 882. The largest absolute Gasteiger partial charge is 0.363 e. The van der Waals surface area contributed by atoms with E-state index in [1.807, 2.05) is 29.5 Å². The molecule has 8 heteroatoms. The average molecular weight is 539 g/mol. The van der Waals surface area contributed by atoms with Crippen LogP contribution in [0.15, 0.2) is 46.8 Å². The minimum atomic E-state index is 0. The van der Waals surface area contributed by atoms with Gasteiger partial charge in [0.2, 0.25) is 0 Å². The molecule has 1 saturated heterocycles. The molecule has 0 unspecified atom stereocenters. The number of fused-ring (bicyclic) bond motifs is 1. The molecule has 3 N–H and O–H groups in total. The fraction of sp³-hybridized carbons (Fsp3) is 0.455. The summed E-state index contributed by atoms with van der Waals surface area (Å²) in [7, 11) is 0. The number of guanidine groups is 1. The first kappa shape index (κ1) is 22.9. The lowest BCUT2D eigenvalue weighted by Gasteiger charge is -2.33. The molecule has 1 aromatic carbocycles. The van der Waals surface area contributed by atoms with E-state index in [4.69, 9.17) is 4.99 Å². The van der Waals surface area contributed by atoms with E-state index in [-0.39, 0.29) is 24.0 Å². The first-order chi connectivity index (χ1) is 14.3. The van der Waals surface area contributed by atoms with Crippen molar-refractivity contribution in [2.75, 3.05) is 31.1 Å². The van der Waals surface area contributed by atoms with Gasteiger partial charge in [-0.25, -0.2) is 4.98 Å². The zero-order valence-electron chi connectivity index (χ0n) is 17.4. The van der Waals surface area contributed by atoms with Crippen molar-refractivity contribution in [2.45, 2.75) is 38.6 Å². The van der Waals surface area contributed by atoms with E-state index in [1.165, 1.54) is 5.00 Å². The van der Waals surface area contributed by atoms with Gasteiger partial charge in [-0.3, -0.25) is 4.99 Å². The van der Waals surface area contributed by atoms with Crippen molar-refractivity contribution in [2.24, 2.45) is 4.99 Å². The quantitative estimate of drug-likeness (QED) is 0.181. The van der Waals surface area contributed by atoms with Crippen molar-refractivity contribution in [3.05, 3.63) is 47.6 Å². The zero-order chi connectivity index (χ0) is 19.9. The third kappa shape index (κ3) is 6.10. The van der Waals surface area contributed by atoms with E-state index < -0.39 is 0 Å². The van der Waals surface area contributed by atoms with Gasteiger partial charge < -0.3 is 20.5 Å². The van der Waals surface area contributed by atoms with Crippen LogP contribution in [0.5, 0.6) is 0 Å². The summed E-state index contributed by atoms with van der Waals surface area (Å²) in [4.78, 5) is 15.3. The van der Waals surface area contributed by atoms with E-state index in [0.29, 0.717) is 6.04 Å². The molecule has 0 spiro atoms. The van der Waals surface area contributed by atoms with Gasteiger partial charge in [0.1, 0.15) is 5.82 Å². The summed E-state index contributed by atoms with van der Waals surface area (Å²) < 4.78 is 0. The SMILES string of the molecule is CCNC(=NCCCc1nc2ccccc2[nH]1)NC1CCN(c2cccs2)CC1.I. The standard InChI is InChI=1S/C22H30N6S.HI/c1-2-23-22(25-17-11-14-28(15-12-17)21-10-6-16-29-21)24-13-5-9-20-26-18-7-3-4-8-19(18)27-20;/h3-4,6-8,10,16-17H,2,5,9,11-15H2,1H3,(H,26,27)(H2,23,24,25);1H. The Balaban J connectivity index is 0.00000256. The molecule has 1 aliphatic rings. The summed E-state index contributed by atoms with van der Waals surface area (Å²) in [6, 6.07) is 13.0. The van der Waals surface area contributed by atoms with Gasteiger partial charge in [0.15, 0.2) is 5.96 Å². The first-order valence-corrected chi connectivity index (χ1v) is 11.5. The minimum Gasteiger partial charge on any atom is -0.363 e. The number of imidazole rings is 1. The number of rotatable bonds is 7. The van der Waals surface area contributed by atoms with Crippen LogP contribution in [0.3, 0.4) is 0 Å². The Hall–Kier alpha value is -1.81. The second kappa shape index (κ2) is 11.5. The highest BCUT2D eigenvalue weighted by atomic mass is 127. The predicted octanol–water partition coefficient (Wildman–Crippen LogP) is 4.40. The molecule has 4 rings (SSSR count). The topological polar surface area (TPSA) is 68.3 Å². The van der Waals surface area contributed by atoms with Crippen LogP contribution >= 0.6 is 35.3 Å². The highest BCUT2D eigenvalue weighted by molar-refractivity contribution is 14.0. The second-order valence-electron chi connectivity index (χ2n) is 7.42. The third-order valence-corrected chi connectivity index (χ3v) is 6.21. The number of piperidine rings is 1. The van der Waals surface area contributed by atoms with Gasteiger partial charge in [-0.15, -0.1) is 35.3 Å². The molecule has 0 saturated carbocycles. The molecular formula is C22H31IN6S. The summed E-state index contributed by atoms with van der Waals surface area (Å²) in [5.41, 5.74) is 2.14. The van der Waals surface area contributed by atoms with Crippen LogP contribution in [0.4, 0.5) is 5.00 Å². The number of nitrogens with one attached hydrogen (secondary N) is 3. The number of hydrogen-bond acceptors (Lipinski definition) is 4. The Morgan fingerprint density at radius 2 is 2.07 bits per heavy atom. The number of halogens is 1. The number of H-pyrrole nitrogens is 1. The van der Waals surface area contributed by atoms with Crippen molar-refractivity contribution in [3.8, 4) is 0 Å². The van der Waals surface area contributed by atoms with Crippen LogP contribution in [0.1, 0.15) is 32.0 Å². The Kier molecular flexibility index (Phi) is 8.80. The number of aromatic amines is 1. The average Bonchev–Trinajstić information content (AvgIpc) is 3.41. The molecule has 3 heterocycles. The molecule has 0 radical (unpaired) electrons. The summed E-state index contributed by atoms with van der Waals surface area (Å²) in [5.74, 6) is 1.98. The minimum absolute atomic E-state index is 0. The van der Waals surface area contributed by atoms with Gasteiger partial charge in [-0.2, -0.15) is 0 Å². The maximum atomic E-state index is 4.79. The van der Waals surface area contributed by atoms with Crippen LogP contribution in [0.2, 0.25) is 0 Å². The maximum absolute atomic E-state index is 4.79. The van der Waals surface area contributed by atoms with E-state index in [1.54, 1.807) is 0 Å². The fourth-order valence-corrected chi connectivity index (χ4v) is 4.55. The number of hydrogen-bond donors (Lipinski definition) is 3. The van der Waals surface area contributed by atoms with Crippen molar-refractivity contribution in [1.29, 1.82) is 0 Å². The van der Waals surface area contributed by atoms with Crippen molar-refractivity contribution in [3.63, 3.8) is 0 Å². The third-order valence-electron chi connectivity index (χ3n) is 5.28. The molecule has 0 atom stereocenters. The molecule has 0 bridgehead atoms. The lowest BCUT2D eigenvalue weighted by Crippen LogP contribution is -2.48. The lowest BCUT2D eigenvalue weighted by atomic mass is 10.1. The van der Waals surface area contributed by atoms with E-state index in [2.05, 4.69) is 56.0 Å². The summed E-state index contributed by atoms with van der Waals surface area (Å²) in [5, 5.41) is 10.6. The number of benzene rings is 1. The molecule has 6 nitrogen and oxygen atoms in total. The molecule has 0 amide bonds. The number of para-hydroxylation sites is 2. The number of thiophene rings is 1. The predicted molar refractivity (Wildman–Crippen MR) is 138 cm³/mol. The van der Waals surface area contributed by atoms with Crippen LogP contribution in [0.25, 0.3) is 11.0 Å². The van der Waals surface area contributed by atoms with Crippen LogP contribution in [-0.2, 0) is 6.42 Å². The van der Waals surface area contributed by atoms with Gasteiger partial charge in [0, 0.05) is 38.6 Å². The van der Waals surface area contributed by atoms with Gasteiger partial charge in [-0.1, -0.05) is 12.1 Å². The highest BCUT2D eigenvalue weighted by Gasteiger charge is 2.20. The molecule has 1 fully saturated rings. The Morgan fingerprint density at radius 3 is 2.80 bits per heavy atom. The van der Waals surface area contributed by atoms with Gasteiger partial charge >= 0.3 is 0 Å². The lowest BCUT2D eigenvalue weighted by molar-refractivity contribution is 0.462. The summed E-state index contributed by atoms with van der Waals surface area (Å²) in [6.07, 6.45) is 4.17. The number of aryl methyl sites for hydroxylation is 1. The zero-order valence-corrected chi connectivity index (χ0v) is 20.6. The first-order valence-electron chi connectivity index (χ1n) is 10.6. The molecule has 2 aromatic heterocycles. The van der Waals surface area contributed by atoms with Crippen LogP contribution in [0, 0.1) is 0 Å². The van der Waals surface area contributed by atoms with Crippen LogP contribution < -0.4 is 15.5 Å². The number of aliphatic imine (C=N–C) groups is 1. The number of aromatic nitrogens is 2. The normalized spacial score (nSPS) is 15.2. The Labute approximate surface area is 199 Å². The molecule has 3 aromatic rings. The van der Waals surface area contributed by atoms with Crippen molar-refractivity contribution in [1.82, 2.24) is 20.6 Å². The van der Waals surface area contributed by atoms with Gasteiger partial charge in [0.05, 0.1) is 16.0 Å².